The van der Waals surface area contributed by atoms with Crippen LogP contribution < -0.4 is 32.9 Å². The second-order valence-corrected chi connectivity index (χ2v) is 13.5. The van der Waals surface area contributed by atoms with Gasteiger partial charge in [0.2, 0.25) is 0 Å². The van der Waals surface area contributed by atoms with Gasteiger partial charge in [-0.05, 0) is 83.6 Å². The van der Waals surface area contributed by atoms with Crippen molar-refractivity contribution in [1.82, 2.24) is 4.90 Å². The molecule has 0 radical (unpaired) electrons. The Morgan fingerprint density at radius 3 is 1.57 bits per heavy atom. The van der Waals surface area contributed by atoms with E-state index in [0.29, 0.717) is 6.42 Å². The maximum absolute atomic E-state index is 12.0. The lowest BCUT2D eigenvalue weighted by Gasteiger charge is -2.29. The fourth-order valence-corrected chi connectivity index (χ4v) is 8.71. The van der Waals surface area contributed by atoms with E-state index in [1.807, 2.05) is 20.8 Å². The highest BCUT2D eigenvalue weighted by Gasteiger charge is 2.44. The average Bonchev–Trinajstić information content (AvgIpc) is 2.83. The number of halogens is 1. The van der Waals surface area contributed by atoms with Gasteiger partial charge < -0.3 is 26.6 Å². The first-order chi connectivity index (χ1) is 16.3. The number of nitrogens with zero attached hydrogens (tertiary/aromatic N) is 1. The van der Waals surface area contributed by atoms with E-state index in [2.05, 4.69) is 103 Å². The number of esters is 1. The molecule has 0 unspecified atom stereocenters. The van der Waals surface area contributed by atoms with Gasteiger partial charge in [-0.3, -0.25) is 4.79 Å². The molecule has 0 aromatic heterocycles. The van der Waals surface area contributed by atoms with Crippen LogP contribution in [0.15, 0.2) is 91.0 Å². The lowest BCUT2D eigenvalue weighted by Crippen LogP contribution is -3.00. The molecule has 0 aliphatic carbocycles. The van der Waals surface area contributed by atoms with Crippen LogP contribution in [0.4, 0.5) is 0 Å². The minimum Gasteiger partial charge on any atom is -1.00 e. The first-order valence-electron chi connectivity index (χ1n) is 12.3. The normalized spacial score (nSPS) is 11.7. The zero-order chi connectivity index (χ0) is 24.4. The van der Waals surface area contributed by atoms with E-state index in [4.69, 9.17) is 4.74 Å². The first-order valence-corrected chi connectivity index (χ1v) is 14.2. The summed E-state index contributed by atoms with van der Waals surface area (Å²) in [6.07, 6.45) is 3.41. The van der Waals surface area contributed by atoms with E-state index in [1.165, 1.54) is 15.9 Å². The molecular formula is C30H39BrNO2P. The number of carbonyl (C=O) groups excluding carboxylic acids is 1. The van der Waals surface area contributed by atoms with Crippen LogP contribution in [0.5, 0.6) is 0 Å². The summed E-state index contributed by atoms with van der Waals surface area (Å²) in [6.45, 7) is 7.72. The van der Waals surface area contributed by atoms with E-state index in [1.54, 1.807) is 0 Å². The van der Waals surface area contributed by atoms with Gasteiger partial charge in [0.05, 0.1) is 6.16 Å². The summed E-state index contributed by atoms with van der Waals surface area (Å²) in [4.78, 5) is 14.4. The molecule has 188 valence electrons. The third-order valence-electron chi connectivity index (χ3n) is 6.00. The Balaban J connectivity index is 0.00000432. The molecule has 3 aromatic rings. The molecule has 0 spiro atoms. The number of hydrogen-bond acceptors (Lipinski definition) is 3. The Morgan fingerprint density at radius 1 is 0.743 bits per heavy atom. The van der Waals surface area contributed by atoms with E-state index >= 15 is 0 Å². The van der Waals surface area contributed by atoms with Gasteiger partial charge in [0, 0.05) is 13.0 Å². The molecule has 0 atom stereocenters. The predicted octanol–water partition coefficient (Wildman–Crippen LogP) is 2.43. The monoisotopic (exact) mass is 555 g/mol. The van der Waals surface area contributed by atoms with Crippen molar-refractivity contribution in [2.45, 2.75) is 45.6 Å². The number of rotatable bonds is 11. The number of hydrogen-bond donors (Lipinski definition) is 0. The van der Waals surface area contributed by atoms with Crippen LogP contribution in [0.25, 0.3) is 0 Å². The molecule has 0 heterocycles. The average molecular weight is 557 g/mol. The maximum Gasteiger partial charge on any atom is 0.306 e. The minimum absolute atomic E-state index is 0. The third kappa shape index (κ3) is 8.56. The lowest BCUT2D eigenvalue weighted by molar-refractivity contribution is -0.154. The van der Waals surface area contributed by atoms with Gasteiger partial charge in [-0.25, -0.2) is 0 Å². The molecular weight excluding hydrogens is 517 g/mol. The van der Waals surface area contributed by atoms with Gasteiger partial charge in [-0.2, -0.15) is 0 Å². The molecule has 0 N–H and O–H groups in total. The standard InChI is InChI=1S/C30H39NO2P.BrH/c1-30(2,3)33-29(32)22-14-15-23-31(4)24-25-34(26-16-8-5-9-17-26,27-18-10-6-11-19-27)28-20-12-7-13-21-28;/h5-13,16-21H,14-15,22-25H2,1-4H3;1H/q+1;/p-1. The third-order valence-corrected chi connectivity index (χ3v) is 10.4. The molecule has 0 amide bonds. The summed E-state index contributed by atoms with van der Waals surface area (Å²) >= 11 is 0. The summed E-state index contributed by atoms with van der Waals surface area (Å²) < 4.78 is 5.44. The van der Waals surface area contributed by atoms with Crippen molar-refractivity contribution in [1.29, 1.82) is 0 Å². The zero-order valence-electron chi connectivity index (χ0n) is 21.5. The van der Waals surface area contributed by atoms with Crippen LogP contribution in [0.1, 0.15) is 40.0 Å². The number of benzene rings is 3. The van der Waals surface area contributed by atoms with Crippen molar-refractivity contribution in [3.8, 4) is 0 Å². The summed E-state index contributed by atoms with van der Waals surface area (Å²) in [7, 11) is 0.396. The van der Waals surface area contributed by atoms with E-state index < -0.39 is 12.9 Å². The van der Waals surface area contributed by atoms with Gasteiger partial charge in [0.15, 0.2) is 0 Å². The Kier molecular flexibility index (Phi) is 11.6. The summed E-state index contributed by atoms with van der Waals surface area (Å²) in [6, 6.07) is 33.1. The van der Waals surface area contributed by atoms with Gasteiger partial charge in [0.25, 0.3) is 0 Å². The highest BCUT2D eigenvalue weighted by molar-refractivity contribution is 7.95. The number of ether oxygens (including phenoxy) is 1. The topological polar surface area (TPSA) is 29.5 Å². The second kappa shape index (κ2) is 13.9. The molecule has 0 aliphatic heterocycles. The predicted molar refractivity (Wildman–Crippen MR) is 147 cm³/mol. The summed E-state index contributed by atoms with van der Waals surface area (Å²) in [5.74, 6) is -0.0997. The highest BCUT2D eigenvalue weighted by Crippen LogP contribution is 2.55. The van der Waals surface area contributed by atoms with E-state index in [0.717, 1.165) is 32.1 Å². The molecule has 0 saturated carbocycles. The number of unbranched alkanes of at least 4 members (excludes halogenated alkanes) is 1. The highest BCUT2D eigenvalue weighted by atomic mass is 79.9. The first kappa shape index (κ1) is 29.2. The molecule has 35 heavy (non-hydrogen) atoms. The minimum atomic E-state index is -1.80. The molecule has 0 bridgehead atoms. The van der Waals surface area contributed by atoms with Crippen LogP contribution in [-0.2, 0) is 9.53 Å². The summed E-state index contributed by atoms with van der Waals surface area (Å²) in [5.41, 5.74) is -0.410. The zero-order valence-corrected chi connectivity index (χ0v) is 24.0. The van der Waals surface area contributed by atoms with Crippen molar-refractivity contribution < 1.29 is 26.5 Å². The van der Waals surface area contributed by atoms with Crippen molar-refractivity contribution in [3.05, 3.63) is 91.0 Å². The maximum atomic E-state index is 12.0. The number of carbonyl (C=O) groups is 1. The Hall–Kier alpha value is -2.00. The quantitative estimate of drug-likeness (QED) is 0.207. The molecule has 3 aromatic carbocycles. The molecule has 3 rings (SSSR count). The van der Waals surface area contributed by atoms with E-state index in [-0.39, 0.29) is 23.0 Å². The van der Waals surface area contributed by atoms with Crippen molar-refractivity contribution in [2.24, 2.45) is 0 Å². The van der Waals surface area contributed by atoms with Crippen LogP contribution in [-0.4, -0.2) is 42.8 Å². The fraction of sp³-hybridized carbons (Fsp3) is 0.367. The molecule has 0 fully saturated rings. The smallest absolute Gasteiger partial charge is 0.306 e. The van der Waals surface area contributed by atoms with Crippen molar-refractivity contribution in [2.75, 3.05) is 26.3 Å². The van der Waals surface area contributed by atoms with Gasteiger partial charge in [-0.15, -0.1) is 0 Å². The molecule has 3 nitrogen and oxygen atoms in total. The Morgan fingerprint density at radius 2 is 1.17 bits per heavy atom. The second-order valence-electron chi connectivity index (χ2n) is 9.89. The summed E-state index contributed by atoms with van der Waals surface area (Å²) in [5, 5.41) is 4.27. The Labute approximate surface area is 223 Å². The van der Waals surface area contributed by atoms with Gasteiger partial charge in [-0.1, -0.05) is 54.6 Å². The van der Waals surface area contributed by atoms with Gasteiger partial charge >= 0.3 is 5.97 Å². The Bertz CT molecular complexity index is 910. The van der Waals surface area contributed by atoms with Crippen molar-refractivity contribution >= 4 is 29.1 Å². The largest absolute Gasteiger partial charge is 1.00 e. The fourth-order valence-electron chi connectivity index (χ4n) is 4.36. The SMILES string of the molecule is CN(CCCCC(=O)OC(C)(C)C)CC[P+](c1ccccc1)(c1ccccc1)c1ccccc1.[Br-]. The van der Waals surface area contributed by atoms with Crippen LogP contribution >= 0.6 is 7.26 Å². The lowest BCUT2D eigenvalue weighted by atomic mass is 10.2. The van der Waals surface area contributed by atoms with Gasteiger partial charge in [0.1, 0.15) is 28.8 Å². The van der Waals surface area contributed by atoms with Crippen LogP contribution in [0, 0.1) is 0 Å². The van der Waals surface area contributed by atoms with E-state index in [9.17, 15) is 4.79 Å². The molecule has 5 heteroatoms. The molecule has 0 aliphatic rings. The molecule has 0 saturated heterocycles. The van der Waals surface area contributed by atoms with Crippen molar-refractivity contribution in [3.63, 3.8) is 0 Å². The van der Waals surface area contributed by atoms with Crippen LogP contribution in [0.3, 0.4) is 0 Å². The van der Waals surface area contributed by atoms with Crippen LogP contribution in [0.2, 0.25) is 0 Å².